The van der Waals surface area contributed by atoms with E-state index in [0.29, 0.717) is 72.1 Å². The van der Waals surface area contributed by atoms with Crippen LogP contribution in [0, 0.1) is 51.2 Å². The number of aliphatic hydroxyl groups is 1. The van der Waals surface area contributed by atoms with E-state index in [1.165, 1.54) is 38.5 Å². The number of benzene rings is 2. The van der Waals surface area contributed by atoms with Crippen LogP contribution in [0.15, 0.2) is 67.3 Å². The summed E-state index contributed by atoms with van der Waals surface area (Å²) in [4.78, 5) is 31.5. The van der Waals surface area contributed by atoms with Crippen LogP contribution in [0.2, 0.25) is 0 Å². The SMILES string of the molecule is CC1(C)C(O)CCC2(C)C1CCC1(C)C3CCC4(C(=O)NCCc5cccc(C(=O)NCc6ccc(OCCCn7ccnc7)cc6)c5)CCCC4C3CCC12. The lowest BCUT2D eigenvalue weighted by molar-refractivity contribution is -0.214. The summed E-state index contributed by atoms with van der Waals surface area (Å²) in [6.07, 6.45) is 19.7. The fourth-order valence-electron chi connectivity index (χ4n) is 13.8. The predicted octanol–water partition coefficient (Wildman–Crippen LogP) is 8.77. The fraction of sp³-hybridized carbons (Fsp3) is 0.646. The maximum absolute atomic E-state index is 14.3. The van der Waals surface area contributed by atoms with Gasteiger partial charge >= 0.3 is 0 Å². The van der Waals surface area contributed by atoms with Crippen LogP contribution in [0.5, 0.6) is 5.75 Å². The maximum atomic E-state index is 14.3. The van der Waals surface area contributed by atoms with Crippen molar-refractivity contribution in [1.29, 1.82) is 0 Å². The monoisotopic (exact) mass is 763 g/mol. The molecule has 1 aromatic heterocycles. The molecule has 8 rings (SSSR count). The second-order valence-electron chi connectivity index (χ2n) is 19.6. The molecule has 1 heterocycles. The second-order valence-corrected chi connectivity index (χ2v) is 19.6. The van der Waals surface area contributed by atoms with Gasteiger partial charge in [-0.05, 0) is 158 Å². The zero-order chi connectivity index (χ0) is 39.1. The van der Waals surface area contributed by atoms with Crippen LogP contribution in [0.4, 0.5) is 0 Å². The molecule has 9 atom stereocenters. The predicted molar refractivity (Wildman–Crippen MR) is 220 cm³/mol. The van der Waals surface area contributed by atoms with E-state index in [9.17, 15) is 14.7 Å². The Balaban J connectivity index is 0.825. The first kappa shape index (κ1) is 39.2. The number of fused-ring (bicyclic) bond motifs is 7. The highest BCUT2D eigenvalue weighted by atomic mass is 16.5. The van der Waals surface area contributed by atoms with Gasteiger partial charge in [0.05, 0.1) is 24.5 Å². The van der Waals surface area contributed by atoms with Gasteiger partial charge in [-0.2, -0.15) is 0 Å². The minimum atomic E-state index is -0.227. The number of nitrogens with one attached hydrogen (secondary N) is 2. The largest absolute Gasteiger partial charge is 0.494 e. The van der Waals surface area contributed by atoms with Gasteiger partial charge in [-0.1, -0.05) is 58.4 Å². The highest BCUT2D eigenvalue weighted by Gasteiger charge is 2.67. The quantitative estimate of drug-likeness (QED) is 0.160. The van der Waals surface area contributed by atoms with Crippen LogP contribution < -0.4 is 15.4 Å². The number of carbonyl (C=O) groups is 2. The van der Waals surface area contributed by atoms with Gasteiger partial charge in [0, 0.05) is 37.6 Å². The molecule has 2 aromatic carbocycles. The summed E-state index contributed by atoms with van der Waals surface area (Å²) in [5.41, 5.74) is 3.09. The number of carbonyl (C=O) groups excluding carboxylic acids is 2. The Hall–Kier alpha value is -3.65. The Kier molecular flexibility index (Phi) is 10.9. The van der Waals surface area contributed by atoms with Crippen molar-refractivity contribution in [2.45, 2.75) is 130 Å². The molecule has 5 fully saturated rings. The average Bonchev–Trinajstić information content (AvgIpc) is 3.89. The minimum absolute atomic E-state index is 0.0173. The Labute approximate surface area is 335 Å². The number of rotatable bonds is 12. The standard InChI is InChI=1S/C48H66N4O4/c1-45(2)40-18-22-46(3)38-17-24-48(21-6-10-39(48)37(38)15-16-41(46)47(40,4)23-19-42(45)53)44(55)50-25-20-33-8-5-9-35(30-33)43(54)51-31-34-11-13-36(14-12-34)56-29-7-27-52-28-26-49-32-52/h5,8-9,11-14,26,28,30,32,37-42,53H,6-7,10,15-25,27,29,31H2,1-4H3,(H,50,55)(H,51,54). The van der Waals surface area contributed by atoms with Crippen molar-refractivity contribution in [3.63, 3.8) is 0 Å². The summed E-state index contributed by atoms with van der Waals surface area (Å²) >= 11 is 0. The number of ether oxygens (including phenoxy) is 1. The molecular formula is C48H66N4O4. The first-order valence-electron chi connectivity index (χ1n) is 21.9. The number of hydrogen-bond donors (Lipinski definition) is 3. The smallest absolute Gasteiger partial charge is 0.251 e. The Morgan fingerprint density at radius 1 is 0.857 bits per heavy atom. The molecule has 0 bridgehead atoms. The lowest BCUT2D eigenvalue weighted by Crippen LogP contribution is -2.63. The van der Waals surface area contributed by atoms with Gasteiger partial charge in [0.2, 0.25) is 5.91 Å². The summed E-state index contributed by atoms with van der Waals surface area (Å²) in [5.74, 6) is 4.13. The maximum Gasteiger partial charge on any atom is 0.251 e. The fourth-order valence-corrected chi connectivity index (χ4v) is 13.8. The summed E-state index contributed by atoms with van der Waals surface area (Å²) in [7, 11) is 0. The van der Waals surface area contributed by atoms with Crippen LogP contribution >= 0.6 is 0 Å². The first-order chi connectivity index (χ1) is 26.9. The van der Waals surface area contributed by atoms with E-state index >= 15 is 0 Å². The summed E-state index contributed by atoms with van der Waals surface area (Å²) in [6.45, 7) is 12.4. The number of hydrogen-bond acceptors (Lipinski definition) is 5. The average molecular weight is 763 g/mol. The molecule has 3 N–H and O–H groups in total. The molecule has 8 nitrogen and oxygen atoms in total. The lowest BCUT2D eigenvalue weighted by Gasteiger charge is -2.69. The number of aryl methyl sites for hydroxylation is 1. The Bertz CT molecular complexity index is 1840. The van der Waals surface area contributed by atoms with Gasteiger partial charge in [0.25, 0.3) is 5.91 Å². The van der Waals surface area contributed by atoms with E-state index in [1.807, 2.05) is 59.6 Å². The number of amides is 2. The van der Waals surface area contributed by atoms with Crippen LogP contribution in [0.25, 0.3) is 0 Å². The number of imidazole rings is 1. The van der Waals surface area contributed by atoms with Crippen LogP contribution in [0.3, 0.4) is 0 Å². The number of aromatic nitrogens is 2. The van der Waals surface area contributed by atoms with E-state index in [-0.39, 0.29) is 28.7 Å². The van der Waals surface area contributed by atoms with Gasteiger partial charge in [-0.3, -0.25) is 9.59 Å². The zero-order valence-electron chi connectivity index (χ0n) is 34.4. The molecule has 0 saturated heterocycles. The summed E-state index contributed by atoms with van der Waals surface area (Å²) in [5, 5.41) is 17.5. The summed E-state index contributed by atoms with van der Waals surface area (Å²) in [6, 6.07) is 15.7. The van der Waals surface area contributed by atoms with Crippen molar-refractivity contribution in [1.82, 2.24) is 20.2 Å². The van der Waals surface area contributed by atoms with Crippen LogP contribution in [0.1, 0.15) is 126 Å². The van der Waals surface area contributed by atoms with Crippen molar-refractivity contribution in [2.75, 3.05) is 13.2 Å². The van der Waals surface area contributed by atoms with Gasteiger partial charge in [0.1, 0.15) is 5.75 Å². The third-order valence-corrected chi connectivity index (χ3v) is 16.6. The third-order valence-electron chi connectivity index (χ3n) is 16.6. The molecule has 0 aliphatic heterocycles. The number of nitrogens with zero attached hydrogens (tertiary/aromatic N) is 2. The molecule has 3 aromatic rings. The van der Waals surface area contributed by atoms with Crippen molar-refractivity contribution < 1.29 is 19.4 Å². The molecule has 0 radical (unpaired) electrons. The zero-order valence-corrected chi connectivity index (χ0v) is 34.4. The third kappa shape index (κ3) is 7.11. The van der Waals surface area contributed by atoms with E-state index in [2.05, 4.69) is 49.4 Å². The van der Waals surface area contributed by atoms with E-state index in [1.54, 1.807) is 6.20 Å². The Morgan fingerprint density at radius 2 is 1.68 bits per heavy atom. The van der Waals surface area contributed by atoms with Crippen LogP contribution in [-0.2, 0) is 24.3 Å². The number of aliphatic hydroxyl groups excluding tert-OH is 1. The molecule has 56 heavy (non-hydrogen) atoms. The lowest BCUT2D eigenvalue weighted by atomic mass is 9.36. The van der Waals surface area contributed by atoms with Gasteiger partial charge in [-0.25, -0.2) is 4.98 Å². The molecule has 2 amide bonds. The molecule has 0 spiro atoms. The van der Waals surface area contributed by atoms with Gasteiger partial charge in [-0.15, -0.1) is 0 Å². The highest BCUT2D eigenvalue weighted by molar-refractivity contribution is 5.94. The first-order valence-corrected chi connectivity index (χ1v) is 21.9. The molecule has 5 aliphatic rings. The van der Waals surface area contributed by atoms with E-state index in [4.69, 9.17) is 4.74 Å². The van der Waals surface area contributed by atoms with E-state index < -0.39 is 0 Å². The van der Waals surface area contributed by atoms with Crippen molar-refractivity contribution in [3.05, 3.63) is 83.9 Å². The molecule has 8 heteroatoms. The van der Waals surface area contributed by atoms with Crippen LogP contribution in [-0.4, -0.2) is 45.7 Å². The van der Waals surface area contributed by atoms with Crippen molar-refractivity contribution >= 4 is 11.8 Å². The van der Waals surface area contributed by atoms with Gasteiger partial charge in [0.15, 0.2) is 0 Å². The van der Waals surface area contributed by atoms with Crippen molar-refractivity contribution in [3.8, 4) is 5.75 Å². The molecule has 9 unspecified atom stereocenters. The molecule has 5 aliphatic carbocycles. The molecule has 5 saturated carbocycles. The molecule has 302 valence electrons. The highest BCUT2D eigenvalue weighted by Crippen LogP contribution is 2.73. The normalized spacial score (nSPS) is 34.3. The van der Waals surface area contributed by atoms with Crippen molar-refractivity contribution in [2.24, 2.45) is 51.2 Å². The topological polar surface area (TPSA) is 105 Å². The summed E-state index contributed by atoms with van der Waals surface area (Å²) < 4.78 is 7.92. The molecular weight excluding hydrogens is 697 g/mol. The van der Waals surface area contributed by atoms with E-state index in [0.717, 1.165) is 61.9 Å². The second kappa shape index (κ2) is 15.6. The van der Waals surface area contributed by atoms with Gasteiger partial charge < -0.3 is 25.0 Å². The minimum Gasteiger partial charge on any atom is -0.494 e. The Morgan fingerprint density at radius 3 is 2.48 bits per heavy atom.